The Bertz CT molecular complexity index is 1580. The van der Waals surface area contributed by atoms with Crippen LogP contribution < -0.4 is 16.1 Å². The zero-order valence-corrected chi connectivity index (χ0v) is 22.0. The SMILES string of the molecule is Cn1c(=O)c2c(nc(N3CCN(C(=O)Cc4ccc(Cl)cc4)CC3)n2Cc2ccc(Cl)cc2)n(C)c1=O. The highest BCUT2D eigenvalue weighted by Gasteiger charge is 2.27. The van der Waals surface area contributed by atoms with Crippen LogP contribution in [0.25, 0.3) is 11.2 Å². The van der Waals surface area contributed by atoms with Crippen molar-refractivity contribution in [3.8, 4) is 0 Å². The molecule has 0 unspecified atom stereocenters. The van der Waals surface area contributed by atoms with E-state index < -0.39 is 11.2 Å². The minimum Gasteiger partial charge on any atom is -0.339 e. The largest absolute Gasteiger partial charge is 0.339 e. The van der Waals surface area contributed by atoms with Crippen molar-refractivity contribution in [3.63, 3.8) is 0 Å². The number of piperazine rings is 1. The van der Waals surface area contributed by atoms with Gasteiger partial charge in [0.15, 0.2) is 11.2 Å². The monoisotopic (exact) mass is 540 g/mol. The number of hydrogen-bond donors (Lipinski definition) is 0. The number of rotatable bonds is 5. The van der Waals surface area contributed by atoms with Gasteiger partial charge in [0.2, 0.25) is 11.9 Å². The predicted molar refractivity (Wildman–Crippen MR) is 145 cm³/mol. The van der Waals surface area contributed by atoms with E-state index in [9.17, 15) is 14.4 Å². The van der Waals surface area contributed by atoms with Gasteiger partial charge in [-0.1, -0.05) is 47.5 Å². The van der Waals surface area contributed by atoms with Crippen LogP contribution in [0.2, 0.25) is 10.0 Å². The highest BCUT2D eigenvalue weighted by Crippen LogP contribution is 2.23. The summed E-state index contributed by atoms with van der Waals surface area (Å²) < 4.78 is 4.34. The van der Waals surface area contributed by atoms with Gasteiger partial charge in [0.05, 0.1) is 13.0 Å². The summed E-state index contributed by atoms with van der Waals surface area (Å²) in [6.07, 6.45) is 0.310. The lowest BCUT2D eigenvalue weighted by molar-refractivity contribution is -0.130. The molecule has 0 aliphatic carbocycles. The van der Waals surface area contributed by atoms with Gasteiger partial charge in [-0.2, -0.15) is 4.98 Å². The van der Waals surface area contributed by atoms with Gasteiger partial charge in [-0.05, 0) is 35.4 Å². The first-order valence-corrected chi connectivity index (χ1v) is 12.7. The zero-order valence-electron chi connectivity index (χ0n) is 20.5. The summed E-state index contributed by atoms with van der Waals surface area (Å²) in [7, 11) is 3.08. The topological polar surface area (TPSA) is 85.4 Å². The van der Waals surface area contributed by atoms with Crippen LogP contribution in [0.4, 0.5) is 5.95 Å². The molecule has 0 radical (unpaired) electrons. The Hall–Kier alpha value is -3.56. The number of imidazole rings is 1. The van der Waals surface area contributed by atoms with E-state index in [1.165, 1.54) is 11.6 Å². The molecule has 3 heterocycles. The molecule has 4 aromatic rings. The molecule has 5 rings (SSSR count). The molecule has 11 heteroatoms. The van der Waals surface area contributed by atoms with E-state index in [4.69, 9.17) is 28.2 Å². The second kappa shape index (κ2) is 10.1. The van der Waals surface area contributed by atoms with Crippen LogP contribution in [0.5, 0.6) is 0 Å². The van der Waals surface area contributed by atoms with Gasteiger partial charge in [-0.3, -0.25) is 23.3 Å². The average molecular weight is 541 g/mol. The number of aromatic nitrogens is 4. The number of carbonyl (C=O) groups excluding carboxylic acids is 1. The second-order valence-corrected chi connectivity index (χ2v) is 10.0. The first-order chi connectivity index (χ1) is 17.7. The molecule has 0 atom stereocenters. The van der Waals surface area contributed by atoms with Gasteiger partial charge < -0.3 is 9.80 Å². The molecule has 2 aromatic heterocycles. The maximum atomic E-state index is 13.2. The number of hydrogen-bond acceptors (Lipinski definition) is 5. The van der Waals surface area contributed by atoms with Crippen molar-refractivity contribution in [2.75, 3.05) is 31.1 Å². The number of benzene rings is 2. The van der Waals surface area contributed by atoms with Crippen molar-refractivity contribution in [1.29, 1.82) is 0 Å². The lowest BCUT2D eigenvalue weighted by Crippen LogP contribution is -2.50. The molecule has 1 amide bonds. The Morgan fingerprint density at radius 2 is 1.41 bits per heavy atom. The first kappa shape index (κ1) is 25.1. The van der Waals surface area contributed by atoms with Gasteiger partial charge in [0.25, 0.3) is 5.56 Å². The van der Waals surface area contributed by atoms with Gasteiger partial charge >= 0.3 is 5.69 Å². The van der Waals surface area contributed by atoms with Crippen LogP contribution in [-0.4, -0.2) is 55.7 Å². The third-order valence-corrected chi connectivity index (χ3v) is 7.27. The van der Waals surface area contributed by atoms with E-state index in [0.717, 1.165) is 15.7 Å². The number of anilines is 1. The van der Waals surface area contributed by atoms with E-state index in [1.54, 1.807) is 31.3 Å². The van der Waals surface area contributed by atoms with Crippen LogP contribution in [0.3, 0.4) is 0 Å². The first-order valence-electron chi connectivity index (χ1n) is 11.9. The molecular formula is C26H26Cl2N6O3. The van der Waals surface area contributed by atoms with Crippen LogP contribution in [0.15, 0.2) is 58.1 Å². The van der Waals surface area contributed by atoms with E-state index >= 15 is 0 Å². The molecule has 0 bridgehead atoms. The standard InChI is InChI=1S/C26H26Cl2N6O3/c1-30-23-22(24(36)31(2)26(30)37)34(16-18-5-9-20(28)10-6-18)25(29-23)33-13-11-32(12-14-33)21(35)15-17-3-7-19(27)8-4-17/h3-10H,11-16H2,1-2H3. The maximum Gasteiger partial charge on any atom is 0.332 e. The molecule has 192 valence electrons. The van der Waals surface area contributed by atoms with E-state index in [2.05, 4.69) is 4.90 Å². The fraction of sp³-hybridized carbons (Fsp3) is 0.308. The number of aryl methyl sites for hydroxylation is 1. The molecular weight excluding hydrogens is 515 g/mol. The number of amides is 1. The Morgan fingerprint density at radius 1 is 0.838 bits per heavy atom. The normalized spacial score (nSPS) is 13.9. The highest BCUT2D eigenvalue weighted by molar-refractivity contribution is 6.30. The van der Waals surface area contributed by atoms with Crippen LogP contribution in [0, 0.1) is 0 Å². The van der Waals surface area contributed by atoms with Crippen molar-refractivity contribution in [1.82, 2.24) is 23.6 Å². The number of nitrogens with zero attached hydrogens (tertiary/aromatic N) is 6. The summed E-state index contributed by atoms with van der Waals surface area (Å²) in [4.78, 5) is 47.3. The van der Waals surface area contributed by atoms with Crippen molar-refractivity contribution in [2.45, 2.75) is 13.0 Å². The van der Waals surface area contributed by atoms with E-state index in [-0.39, 0.29) is 5.91 Å². The Labute approximate surface area is 223 Å². The average Bonchev–Trinajstić information content (AvgIpc) is 3.28. The van der Waals surface area contributed by atoms with E-state index in [1.807, 2.05) is 33.7 Å². The summed E-state index contributed by atoms with van der Waals surface area (Å²) in [5, 5.41) is 1.26. The lowest BCUT2D eigenvalue weighted by Gasteiger charge is -2.35. The minimum atomic E-state index is -0.433. The molecule has 37 heavy (non-hydrogen) atoms. The molecule has 1 saturated heterocycles. The number of fused-ring (bicyclic) bond motifs is 1. The minimum absolute atomic E-state index is 0.0490. The summed E-state index contributed by atoms with van der Waals surface area (Å²) in [6, 6.07) is 14.7. The molecule has 1 aliphatic rings. The molecule has 0 N–H and O–H groups in total. The summed E-state index contributed by atoms with van der Waals surface area (Å²) in [6.45, 7) is 2.52. The quantitative estimate of drug-likeness (QED) is 0.388. The lowest BCUT2D eigenvalue weighted by atomic mass is 10.1. The zero-order chi connectivity index (χ0) is 26.3. The van der Waals surface area contributed by atoms with Crippen molar-refractivity contribution in [3.05, 3.63) is 90.5 Å². The summed E-state index contributed by atoms with van der Waals surface area (Å²) in [5.74, 6) is 0.640. The van der Waals surface area contributed by atoms with Crippen molar-refractivity contribution < 1.29 is 4.79 Å². The molecule has 0 saturated carbocycles. The van der Waals surface area contributed by atoms with Gasteiger partial charge in [-0.15, -0.1) is 0 Å². The Morgan fingerprint density at radius 3 is 2.00 bits per heavy atom. The van der Waals surface area contributed by atoms with Crippen LogP contribution in [-0.2, 0) is 31.9 Å². The Balaban J connectivity index is 1.44. The van der Waals surface area contributed by atoms with Crippen molar-refractivity contribution in [2.24, 2.45) is 14.1 Å². The fourth-order valence-electron chi connectivity index (χ4n) is 4.64. The second-order valence-electron chi connectivity index (χ2n) is 9.17. The molecule has 0 spiro atoms. The van der Waals surface area contributed by atoms with Crippen molar-refractivity contribution >= 4 is 46.2 Å². The smallest absolute Gasteiger partial charge is 0.332 e. The van der Waals surface area contributed by atoms with Crippen LogP contribution >= 0.6 is 23.2 Å². The maximum absolute atomic E-state index is 13.2. The summed E-state index contributed by atoms with van der Waals surface area (Å²) in [5.41, 5.74) is 1.71. The molecule has 1 fully saturated rings. The number of carbonyl (C=O) groups is 1. The molecule has 1 aliphatic heterocycles. The van der Waals surface area contributed by atoms with Gasteiger partial charge in [-0.25, -0.2) is 4.79 Å². The van der Waals surface area contributed by atoms with Gasteiger partial charge in [0, 0.05) is 50.3 Å². The molecule has 9 nitrogen and oxygen atoms in total. The number of halogens is 2. The Kier molecular flexibility index (Phi) is 6.83. The van der Waals surface area contributed by atoms with Gasteiger partial charge in [0.1, 0.15) is 0 Å². The van der Waals surface area contributed by atoms with E-state index in [0.29, 0.717) is 66.3 Å². The highest BCUT2D eigenvalue weighted by atomic mass is 35.5. The predicted octanol–water partition coefficient (Wildman–Crippen LogP) is 2.68. The van der Waals surface area contributed by atoms with Crippen LogP contribution in [0.1, 0.15) is 11.1 Å². The molecule has 2 aromatic carbocycles. The third kappa shape index (κ3) is 4.89. The fourth-order valence-corrected chi connectivity index (χ4v) is 4.90. The summed E-state index contributed by atoms with van der Waals surface area (Å²) >= 11 is 12.0. The third-order valence-electron chi connectivity index (χ3n) is 6.77.